The molecule has 0 aromatic heterocycles. The van der Waals surface area contributed by atoms with Gasteiger partial charge in [0.15, 0.2) is 0 Å². The van der Waals surface area contributed by atoms with Crippen molar-refractivity contribution in [3.05, 3.63) is 161 Å². The normalized spacial score (nSPS) is 10.9. The summed E-state index contributed by atoms with van der Waals surface area (Å²) in [5.74, 6) is 1.60. The van der Waals surface area contributed by atoms with E-state index in [1.165, 1.54) is 44.6 Å². The molecule has 0 spiro atoms. The second kappa shape index (κ2) is 12.8. The smallest absolute Gasteiger partial charge is 0.127 e. The molecule has 224 valence electrons. The predicted octanol–water partition coefficient (Wildman–Crippen LogP) is 11.9. The molecule has 0 bridgehead atoms. The first kappa shape index (κ1) is 29.8. The molecule has 0 aliphatic carbocycles. The van der Waals surface area contributed by atoms with Crippen LogP contribution in [-0.2, 0) is 0 Å². The molecule has 0 atom stereocenters. The van der Waals surface area contributed by atoms with Crippen molar-refractivity contribution in [3.8, 4) is 22.6 Å². The fraction of sp³-hybridized carbons (Fsp3) is 0.143. The standard InChI is InChI=1S/C42H40N2O/c1-29-7-11-34(12-8-29)35-13-17-37(18-14-35)44(40-16-10-31(3)33(5)28-40)38-21-25-42(26-22-38)45-41-23-19-36(20-24-41)43(6)39-15-9-30(2)32(4)27-39/h7-28H,1-6H3. The van der Waals surface area contributed by atoms with Gasteiger partial charge in [-0.2, -0.15) is 0 Å². The van der Waals surface area contributed by atoms with Crippen LogP contribution in [0.15, 0.2) is 133 Å². The Morgan fingerprint density at radius 1 is 0.378 bits per heavy atom. The van der Waals surface area contributed by atoms with E-state index in [-0.39, 0.29) is 0 Å². The van der Waals surface area contributed by atoms with Crippen LogP contribution in [0.25, 0.3) is 11.1 Å². The summed E-state index contributed by atoms with van der Waals surface area (Å²) in [6.07, 6.45) is 0. The van der Waals surface area contributed by atoms with Crippen LogP contribution in [-0.4, -0.2) is 7.05 Å². The predicted molar refractivity (Wildman–Crippen MR) is 191 cm³/mol. The molecule has 0 aliphatic rings. The first-order valence-corrected chi connectivity index (χ1v) is 15.5. The molecule has 0 unspecified atom stereocenters. The van der Waals surface area contributed by atoms with Crippen LogP contribution in [0.3, 0.4) is 0 Å². The van der Waals surface area contributed by atoms with Gasteiger partial charge in [-0.3, -0.25) is 0 Å². The average molecular weight is 589 g/mol. The van der Waals surface area contributed by atoms with E-state index in [0.29, 0.717) is 0 Å². The summed E-state index contributed by atoms with van der Waals surface area (Å²) in [4.78, 5) is 4.49. The van der Waals surface area contributed by atoms with Crippen molar-refractivity contribution in [1.29, 1.82) is 0 Å². The maximum atomic E-state index is 6.27. The Kier molecular flexibility index (Phi) is 8.44. The molecule has 6 aromatic rings. The molecule has 3 nitrogen and oxygen atoms in total. The monoisotopic (exact) mass is 588 g/mol. The van der Waals surface area contributed by atoms with Gasteiger partial charge in [0.25, 0.3) is 0 Å². The van der Waals surface area contributed by atoms with E-state index in [2.05, 4.69) is 161 Å². The SMILES string of the molecule is Cc1ccc(-c2ccc(N(c3ccc(Oc4ccc(N(C)c5ccc(C)c(C)c5)cc4)cc3)c3ccc(C)c(C)c3)cc2)cc1. The maximum absolute atomic E-state index is 6.27. The number of ether oxygens (including phenoxy) is 1. The molecule has 0 radical (unpaired) electrons. The zero-order chi connectivity index (χ0) is 31.5. The average Bonchev–Trinajstić information content (AvgIpc) is 3.06. The number of nitrogens with zero attached hydrogens (tertiary/aromatic N) is 2. The summed E-state index contributed by atoms with van der Waals surface area (Å²) in [6.45, 7) is 10.7. The molecule has 0 saturated heterocycles. The van der Waals surface area contributed by atoms with Crippen molar-refractivity contribution in [1.82, 2.24) is 0 Å². The molecule has 3 heteroatoms. The van der Waals surface area contributed by atoms with Gasteiger partial charge in [0, 0.05) is 35.5 Å². The Labute approximate surface area is 268 Å². The summed E-state index contributed by atoms with van der Waals surface area (Å²) < 4.78 is 6.27. The number of rotatable bonds is 8. The molecule has 0 heterocycles. The summed E-state index contributed by atoms with van der Waals surface area (Å²) in [7, 11) is 2.09. The Balaban J connectivity index is 1.23. The van der Waals surface area contributed by atoms with Gasteiger partial charge < -0.3 is 14.5 Å². The minimum atomic E-state index is 0.795. The lowest BCUT2D eigenvalue weighted by Crippen LogP contribution is -2.10. The van der Waals surface area contributed by atoms with Crippen molar-refractivity contribution in [2.24, 2.45) is 0 Å². The highest BCUT2D eigenvalue weighted by atomic mass is 16.5. The Morgan fingerprint density at radius 3 is 1.29 bits per heavy atom. The van der Waals surface area contributed by atoms with Crippen molar-refractivity contribution < 1.29 is 4.74 Å². The Hall–Kier alpha value is -5.28. The van der Waals surface area contributed by atoms with Gasteiger partial charge in [0.05, 0.1) is 0 Å². The lowest BCUT2D eigenvalue weighted by atomic mass is 10.0. The second-order valence-corrected chi connectivity index (χ2v) is 11.9. The number of aryl methyl sites for hydroxylation is 5. The van der Waals surface area contributed by atoms with Gasteiger partial charge in [-0.05, 0) is 153 Å². The van der Waals surface area contributed by atoms with Gasteiger partial charge in [-0.1, -0.05) is 54.1 Å². The number of benzene rings is 6. The molecule has 0 fully saturated rings. The van der Waals surface area contributed by atoms with E-state index in [9.17, 15) is 0 Å². The molecule has 0 saturated carbocycles. The molecule has 0 aliphatic heterocycles. The summed E-state index contributed by atoms with van der Waals surface area (Å²) >= 11 is 0. The summed E-state index contributed by atoms with van der Waals surface area (Å²) in [5, 5.41) is 0. The fourth-order valence-electron chi connectivity index (χ4n) is 5.48. The molecular formula is C42H40N2O. The first-order valence-electron chi connectivity index (χ1n) is 15.5. The fourth-order valence-corrected chi connectivity index (χ4v) is 5.48. The lowest BCUT2D eigenvalue weighted by molar-refractivity contribution is 0.483. The van der Waals surface area contributed by atoms with Gasteiger partial charge in [-0.15, -0.1) is 0 Å². The van der Waals surface area contributed by atoms with Crippen LogP contribution >= 0.6 is 0 Å². The lowest BCUT2D eigenvalue weighted by Gasteiger charge is -2.26. The summed E-state index contributed by atoms with van der Waals surface area (Å²) in [6, 6.07) is 47.3. The molecular weight excluding hydrogens is 548 g/mol. The number of hydrogen-bond acceptors (Lipinski definition) is 3. The molecule has 45 heavy (non-hydrogen) atoms. The molecule has 6 aromatic carbocycles. The van der Waals surface area contributed by atoms with Crippen LogP contribution in [0.2, 0.25) is 0 Å². The Morgan fingerprint density at radius 2 is 0.778 bits per heavy atom. The van der Waals surface area contributed by atoms with Crippen molar-refractivity contribution in [3.63, 3.8) is 0 Å². The third-order valence-corrected chi connectivity index (χ3v) is 8.69. The Bertz CT molecular complexity index is 1910. The minimum Gasteiger partial charge on any atom is -0.457 e. The van der Waals surface area contributed by atoms with Crippen LogP contribution in [0, 0.1) is 34.6 Å². The van der Waals surface area contributed by atoms with E-state index in [4.69, 9.17) is 4.74 Å². The van der Waals surface area contributed by atoms with Gasteiger partial charge >= 0.3 is 0 Å². The highest BCUT2D eigenvalue weighted by Gasteiger charge is 2.14. The van der Waals surface area contributed by atoms with E-state index in [0.717, 1.165) is 34.2 Å². The second-order valence-electron chi connectivity index (χ2n) is 11.9. The first-order chi connectivity index (χ1) is 21.7. The van der Waals surface area contributed by atoms with E-state index < -0.39 is 0 Å². The number of anilines is 5. The zero-order valence-electron chi connectivity index (χ0n) is 27.0. The zero-order valence-corrected chi connectivity index (χ0v) is 27.0. The van der Waals surface area contributed by atoms with Crippen LogP contribution < -0.4 is 14.5 Å². The number of hydrogen-bond donors (Lipinski definition) is 0. The third kappa shape index (κ3) is 6.63. The highest BCUT2D eigenvalue weighted by molar-refractivity contribution is 5.79. The minimum absolute atomic E-state index is 0.795. The van der Waals surface area contributed by atoms with Crippen LogP contribution in [0.5, 0.6) is 11.5 Å². The van der Waals surface area contributed by atoms with Crippen molar-refractivity contribution >= 4 is 28.4 Å². The van der Waals surface area contributed by atoms with E-state index >= 15 is 0 Å². The maximum Gasteiger partial charge on any atom is 0.127 e. The van der Waals surface area contributed by atoms with Gasteiger partial charge in [-0.25, -0.2) is 0 Å². The van der Waals surface area contributed by atoms with Crippen molar-refractivity contribution in [2.45, 2.75) is 34.6 Å². The summed E-state index contributed by atoms with van der Waals surface area (Å²) in [5.41, 5.74) is 14.4. The van der Waals surface area contributed by atoms with Gasteiger partial charge in [0.2, 0.25) is 0 Å². The van der Waals surface area contributed by atoms with E-state index in [1.807, 2.05) is 24.3 Å². The third-order valence-electron chi connectivity index (χ3n) is 8.69. The van der Waals surface area contributed by atoms with Gasteiger partial charge in [0.1, 0.15) is 11.5 Å². The molecule has 0 N–H and O–H groups in total. The highest BCUT2D eigenvalue weighted by Crippen LogP contribution is 2.38. The topological polar surface area (TPSA) is 15.7 Å². The van der Waals surface area contributed by atoms with Crippen molar-refractivity contribution in [2.75, 3.05) is 16.8 Å². The largest absolute Gasteiger partial charge is 0.457 e. The van der Waals surface area contributed by atoms with E-state index in [1.54, 1.807) is 0 Å². The quantitative estimate of drug-likeness (QED) is 0.176. The van der Waals surface area contributed by atoms with Crippen LogP contribution in [0.4, 0.5) is 28.4 Å². The van der Waals surface area contributed by atoms with Crippen LogP contribution in [0.1, 0.15) is 27.8 Å². The molecule has 6 rings (SSSR count). The molecule has 0 amide bonds.